The number of hydrogen-bond donors (Lipinski definition) is 2. The van der Waals surface area contributed by atoms with E-state index in [0.717, 1.165) is 16.7 Å². The molecule has 3 rings (SSSR count). The van der Waals surface area contributed by atoms with Crippen molar-refractivity contribution in [3.05, 3.63) is 102 Å². The number of nitrogens with one attached hydrogen (secondary N) is 2. The summed E-state index contributed by atoms with van der Waals surface area (Å²) in [6.07, 6.45) is 1.59. The van der Waals surface area contributed by atoms with Crippen LogP contribution in [0.1, 0.15) is 30.5 Å². The Kier molecular flexibility index (Phi) is 10.2. The molecular weight excluding hydrogens is 452 g/mol. The molecule has 0 spiro atoms. The first-order chi connectivity index (χ1) is 17.5. The lowest BCUT2D eigenvalue weighted by molar-refractivity contribution is -0.134. The Bertz CT molecular complexity index is 1100. The van der Waals surface area contributed by atoms with Crippen molar-refractivity contribution in [2.75, 3.05) is 6.54 Å². The van der Waals surface area contributed by atoms with Crippen molar-refractivity contribution in [3.8, 4) is 5.75 Å². The van der Waals surface area contributed by atoms with Crippen LogP contribution >= 0.6 is 0 Å². The highest BCUT2D eigenvalue weighted by Crippen LogP contribution is 2.17. The van der Waals surface area contributed by atoms with Crippen molar-refractivity contribution in [3.63, 3.8) is 0 Å². The van der Waals surface area contributed by atoms with Gasteiger partial charge in [0.25, 0.3) is 0 Å². The second kappa shape index (κ2) is 13.8. The third kappa shape index (κ3) is 8.38. The highest BCUT2D eigenvalue weighted by molar-refractivity contribution is 5.95. The topological polar surface area (TPSA) is 84.5 Å². The Morgan fingerprint density at radius 3 is 2.00 bits per heavy atom. The molecule has 0 aliphatic rings. The molecule has 2 amide bonds. The van der Waals surface area contributed by atoms with Gasteiger partial charge in [0.15, 0.2) is 0 Å². The number of aldehydes is 1. The van der Waals surface area contributed by atoms with E-state index in [1.54, 1.807) is 0 Å². The zero-order valence-electron chi connectivity index (χ0n) is 20.9. The fourth-order valence-corrected chi connectivity index (χ4v) is 3.80. The molecule has 2 atom stereocenters. The van der Waals surface area contributed by atoms with Crippen molar-refractivity contribution in [2.45, 2.75) is 39.3 Å². The molecule has 6 heteroatoms. The third-order valence-electron chi connectivity index (χ3n) is 5.93. The van der Waals surface area contributed by atoms with E-state index >= 15 is 0 Å². The van der Waals surface area contributed by atoms with Crippen LogP contribution in [0.4, 0.5) is 0 Å². The lowest BCUT2D eigenvalue weighted by Gasteiger charge is -2.23. The molecule has 188 valence electrons. The van der Waals surface area contributed by atoms with Gasteiger partial charge in [0.05, 0.1) is 5.92 Å². The Morgan fingerprint density at radius 2 is 1.42 bits per heavy atom. The highest BCUT2D eigenvalue weighted by Gasteiger charge is 2.27. The van der Waals surface area contributed by atoms with Gasteiger partial charge in [-0.1, -0.05) is 86.6 Å². The molecule has 2 unspecified atom stereocenters. The average molecular weight is 487 g/mol. The Labute approximate surface area is 213 Å². The van der Waals surface area contributed by atoms with E-state index in [9.17, 15) is 14.4 Å². The lowest BCUT2D eigenvalue weighted by atomic mass is 9.97. The maximum absolute atomic E-state index is 12.9. The van der Waals surface area contributed by atoms with Gasteiger partial charge in [-0.15, -0.1) is 0 Å². The number of carbonyl (C=O) groups excluding carboxylic acids is 3. The first-order valence-electron chi connectivity index (χ1n) is 12.3. The van der Waals surface area contributed by atoms with E-state index in [1.165, 1.54) is 0 Å². The molecule has 0 bridgehead atoms. The summed E-state index contributed by atoms with van der Waals surface area (Å²) >= 11 is 0. The fraction of sp³-hybridized carbons (Fsp3) is 0.300. The van der Waals surface area contributed by atoms with Gasteiger partial charge in [-0.3, -0.25) is 9.59 Å². The van der Waals surface area contributed by atoms with E-state index in [0.29, 0.717) is 31.6 Å². The summed E-state index contributed by atoms with van der Waals surface area (Å²) in [7, 11) is 0. The molecule has 0 radical (unpaired) electrons. The van der Waals surface area contributed by atoms with E-state index in [-0.39, 0.29) is 18.2 Å². The molecule has 0 aliphatic heterocycles. The van der Waals surface area contributed by atoms with Crippen LogP contribution in [0.25, 0.3) is 0 Å². The van der Waals surface area contributed by atoms with Crippen molar-refractivity contribution in [1.29, 1.82) is 0 Å². The van der Waals surface area contributed by atoms with Crippen LogP contribution in [-0.2, 0) is 33.8 Å². The monoisotopic (exact) mass is 486 g/mol. The first-order valence-corrected chi connectivity index (χ1v) is 12.3. The zero-order chi connectivity index (χ0) is 25.8. The number of rotatable bonds is 13. The second-order valence-electron chi connectivity index (χ2n) is 9.12. The van der Waals surface area contributed by atoms with Crippen molar-refractivity contribution >= 4 is 18.1 Å². The average Bonchev–Trinajstić information content (AvgIpc) is 2.90. The molecule has 3 aromatic carbocycles. The van der Waals surface area contributed by atoms with Crippen LogP contribution in [0.5, 0.6) is 5.75 Å². The molecule has 0 saturated carbocycles. The van der Waals surface area contributed by atoms with Crippen molar-refractivity contribution in [1.82, 2.24) is 10.6 Å². The Balaban J connectivity index is 1.51. The summed E-state index contributed by atoms with van der Waals surface area (Å²) in [4.78, 5) is 37.4. The van der Waals surface area contributed by atoms with Crippen LogP contribution in [0.2, 0.25) is 0 Å². The minimum atomic E-state index is -0.889. The quantitative estimate of drug-likeness (QED) is 0.281. The van der Waals surface area contributed by atoms with Crippen LogP contribution < -0.4 is 15.4 Å². The predicted molar refractivity (Wildman–Crippen MR) is 140 cm³/mol. The normalized spacial score (nSPS) is 12.4. The van der Waals surface area contributed by atoms with Gasteiger partial charge < -0.3 is 20.2 Å². The minimum absolute atomic E-state index is 0.126. The van der Waals surface area contributed by atoms with E-state index in [2.05, 4.69) is 10.6 Å². The summed E-state index contributed by atoms with van der Waals surface area (Å²) in [5, 5.41) is 5.68. The van der Waals surface area contributed by atoms with Crippen molar-refractivity contribution < 1.29 is 19.1 Å². The number of hydrogen-bond acceptors (Lipinski definition) is 4. The lowest BCUT2D eigenvalue weighted by Crippen LogP contribution is -2.51. The largest absolute Gasteiger partial charge is 0.489 e. The summed E-state index contributed by atoms with van der Waals surface area (Å²) in [6, 6.07) is 26.4. The summed E-state index contributed by atoms with van der Waals surface area (Å²) in [5.41, 5.74) is 3.03. The SMILES string of the molecule is CC(C)C(NC(=O)C(C=O)Cc1ccc(OCc2ccccc2)cc1)C(=O)NCCc1ccccc1. The molecule has 0 saturated heterocycles. The molecule has 0 aromatic heterocycles. The third-order valence-corrected chi connectivity index (χ3v) is 5.93. The van der Waals surface area contributed by atoms with Crippen LogP contribution in [0.15, 0.2) is 84.9 Å². The number of ether oxygens (including phenoxy) is 1. The number of amides is 2. The summed E-state index contributed by atoms with van der Waals surface area (Å²) in [5.74, 6) is -1.01. The standard InChI is InChI=1S/C30H34N2O4/c1-22(2)28(30(35)31-18-17-23-9-5-3-6-10-23)32-29(34)26(20-33)19-24-13-15-27(16-14-24)36-21-25-11-7-4-8-12-25/h3-16,20,22,26,28H,17-19,21H2,1-2H3,(H,31,35)(H,32,34). The Morgan fingerprint density at radius 1 is 0.806 bits per heavy atom. The molecule has 0 heterocycles. The van der Waals surface area contributed by atoms with E-state index in [4.69, 9.17) is 4.74 Å². The molecule has 6 nitrogen and oxygen atoms in total. The fourth-order valence-electron chi connectivity index (χ4n) is 3.80. The number of benzene rings is 3. The van der Waals surface area contributed by atoms with Gasteiger partial charge in [-0.2, -0.15) is 0 Å². The highest BCUT2D eigenvalue weighted by atomic mass is 16.5. The summed E-state index contributed by atoms with van der Waals surface area (Å²) in [6.45, 7) is 4.67. The molecule has 0 fully saturated rings. The molecular formula is C30H34N2O4. The molecule has 2 N–H and O–H groups in total. The molecule has 36 heavy (non-hydrogen) atoms. The first kappa shape index (κ1) is 26.7. The van der Waals surface area contributed by atoms with Crippen LogP contribution in [0.3, 0.4) is 0 Å². The van der Waals surface area contributed by atoms with Gasteiger partial charge >= 0.3 is 0 Å². The van der Waals surface area contributed by atoms with Crippen LogP contribution in [-0.4, -0.2) is 30.7 Å². The van der Waals surface area contributed by atoms with Crippen LogP contribution in [0, 0.1) is 11.8 Å². The van der Waals surface area contributed by atoms with E-state index in [1.807, 2.05) is 98.8 Å². The minimum Gasteiger partial charge on any atom is -0.489 e. The maximum Gasteiger partial charge on any atom is 0.242 e. The van der Waals surface area contributed by atoms with Crippen molar-refractivity contribution in [2.24, 2.45) is 11.8 Å². The van der Waals surface area contributed by atoms with Gasteiger partial charge in [-0.05, 0) is 47.6 Å². The van der Waals surface area contributed by atoms with Gasteiger partial charge in [0.1, 0.15) is 24.7 Å². The van der Waals surface area contributed by atoms with Gasteiger partial charge in [0.2, 0.25) is 11.8 Å². The predicted octanol–water partition coefficient (Wildman–Crippen LogP) is 4.12. The van der Waals surface area contributed by atoms with E-state index < -0.39 is 17.9 Å². The molecule has 3 aromatic rings. The van der Waals surface area contributed by atoms with Gasteiger partial charge in [0, 0.05) is 6.54 Å². The Hall–Kier alpha value is -3.93. The van der Waals surface area contributed by atoms with Gasteiger partial charge in [-0.25, -0.2) is 0 Å². The molecule has 0 aliphatic carbocycles. The zero-order valence-corrected chi connectivity index (χ0v) is 20.9. The number of carbonyl (C=O) groups is 3. The smallest absolute Gasteiger partial charge is 0.242 e. The second-order valence-corrected chi connectivity index (χ2v) is 9.12. The maximum atomic E-state index is 12.9. The summed E-state index contributed by atoms with van der Waals surface area (Å²) < 4.78 is 5.80.